The molecule has 0 radical (unpaired) electrons. The molecule has 3 rings (SSSR count). The molecule has 1 N–H and O–H groups in total. The van der Waals surface area contributed by atoms with Gasteiger partial charge in [0.15, 0.2) is 11.5 Å². The van der Waals surface area contributed by atoms with Crippen molar-refractivity contribution in [1.29, 1.82) is 0 Å². The summed E-state index contributed by atoms with van der Waals surface area (Å²) in [6.07, 6.45) is 1.74. The minimum atomic E-state index is 0.589. The van der Waals surface area contributed by atoms with Gasteiger partial charge in [-0.15, -0.1) is 0 Å². The van der Waals surface area contributed by atoms with Crippen molar-refractivity contribution in [3.05, 3.63) is 66.4 Å². The lowest BCUT2D eigenvalue weighted by Crippen LogP contribution is -2.03. The number of rotatable bonds is 6. The molecular weight excluding hydrogens is 302 g/mol. The third-order valence-electron chi connectivity index (χ3n) is 3.63. The van der Waals surface area contributed by atoms with Gasteiger partial charge in [0.05, 0.1) is 19.9 Å². The molecule has 0 bridgehead atoms. The van der Waals surface area contributed by atoms with Crippen LogP contribution in [0.3, 0.4) is 0 Å². The average molecular weight is 321 g/mol. The minimum absolute atomic E-state index is 0.589. The summed E-state index contributed by atoms with van der Waals surface area (Å²) in [6.45, 7) is 0.677. The van der Waals surface area contributed by atoms with Crippen molar-refractivity contribution in [3.63, 3.8) is 0 Å². The van der Waals surface area contributed by atoms with Crippen molar-refractivity contribution in [1.82, 2.24) is 9.97 Å². The third-order valence-corrected chi connectivity index (χ3v) is 3.63. The fourth-order valence-corrected chi connectivity index (χ4v) is 2.38. The van der Waals surface area contributed by atoms with E-state index in [0.717, 1.165) is 11.3 Å². The predicted molar refractivity (Wildman–Crippen MR) is 94.3 cm³/mol. The average Bonchev–Trinajstić information content (AvgIpc) is 2.67. The maximum atomic E-state index is 5.35. The Kier molecular flexibility index (Phi) is 4.91. The number of aromatic nitrogens is 2. The van der Waals surface area contributed by atoms with Gasteiger partial charge in [-0.05, 0) is 29.8 Å². The van der Waals surface area contributed by atoms with E-state index in [9.17, 15) is 0 Å². The third kappa shape index (κ3) is 3.63. The summed E-state index contributed by atoms with van der Waals surface area (Å²) in [5.41, 5.74) is 2.94. The van der Waals surface area contributed by atoms with Gasteiger partial charge in [0.1, 0.15) is 0 Å². The molecule has 0 aliphatic heterocycles. The summed E-state index contributed by atoms with van der Waals surface area (Å²) < 4.78 is 10.6. The van der Waals surface area contributed by atoms with Crippen molar-refractivity contribution in [2.24, 2.45) is 0 Å². The second-order valence-electron chi connectivity index (χ2n) is 5.17. The number of methoxy groups -OCH3 is 2. The highest BCUT2D eigenvalue weighted by molar-refractivity contribution is 5.64. The van der Waals surface area contributed by atoms with Crippen LogP contribution in [0.4, 0.5) is 5.95 Å². The first kappa shape index (κ1) is 15.8. The van der Waals surface area contributed by atoms with Gasteiger partial charge in [-0.2, -0.15) is 0 Å². The van der Waals surface area contributed by atoms with Gasteiger partial charge in [0.2, 0.25) is 5.95 Å². The summed E-state index contributed by atoms with van der Waals surface area (Å²) in [6, 6.07) is 17.7. The van der Waals surface area contributed by atoms with E-state index in [4.69, 9.17) is 9.47 Å². The molecule has 2 aromatic carbocycles. The van der Waals surface area contributed by atoms with Crippen LogP contribution >= 0.6 is 0 Å². The molecule has 0 amide bonds. The molecule has 0 unspecified atom stereocenters. The molecule has 1 heterocycles. The maximum absolute atomic E-state index is 5.35. The van der Waals surface area contributed by atoms with E-state index in [1.54, 1.807) is 20.4 Å². The number of ether oxygens (including phenoxy) is 2. The molecular formula is C19H19N3O2. The molecule has 1 aromatic heterocycles. The summed E-state index contributed by atoms with van der Waals surface area (Å²) in [7, 11) is 3.24. The molecule has 24 heavy (non-hydrogen) atoms. The highest BCUT2D eigenvalue weighted by atomic mass is 16.5. The second-order valence-corrected chi connectivity index (χ2v) is 5.17. The van der Waals surface area contributed by atoms with E-state index in [1.807, 2.05) is 42.5 Å². The standard InChI is InChI=1S/C19H19N3O2/c1-23-17-9-8-15(12-18(17)24-2)16-10-11-20-19(22-16)21-13-14-6-4-3-5-7-14/h3-12H,13H2,1-2H3,(H,20,21,22). The fourth-order valence-electron chi connectivity index (χ4n) is 2.38. The molecule has 0 aliphatic carbocycles. The van der Waals surface area contributed by atoms with Crippen LogP contribution in [0.25, 0.3) is 11.3 Å². The predicted octanol–water partition coefficient (Wildman–Crippen LogP) is 3.77. The van der Waals surface area contributed by atoms with Crippen molar-refractivity contribution in [2.75, 3.05) is 19.5 Å². The molecule has 122 valence electrons. The first-order valence-corrected chi connectivity index (χ1v) is 7.63. The van der Waals surface area contributed by atoms with Crippen molar-refractivity contribution in [3.8, 4) is 22.8 Å². The summed E-state index contributed by atoms with van der Waals surface area (Å²) in [4.78, 5) is 8.85. The van der Waals surface area contributed by atoms with Crippen LogP contribution in [-0.2, 0) is 6.54 Å². The largest absolute Gasteiger partial charge is 0.493 e. The molecule has 0 saturated carbocycles. The fraction of sp³-hybridized carbons (Fsp3) is 0.158. The summed E-state index contributed by atoms with van der Waals surface area (Å²) >= 11 is 0. The summed E-state index contributed by atoms with van der Waals surface area (Å²) in [5.74, 6) is 1.95. The van der Waals surface area contributed by atoms with E-state index in [-0.39, 0.29) is 0 Å². The Balaban J connectivity index is 1.80. The summed E-state index contributed by atoms with van der Waals surface area (Å²) in [5, 5.41) is 3.24. The van der Waals surface area contributed by atoms with Gasteiger partial charge in [0.25, 0.3) is 0 Å². The van der Waals surface area contributed by atoms with Crippen LogP contribution in [0.1, 0.15) is 5.56 Å². The first-order valence-electron chi connectivity index (χ1n) is 7.63. The number of hydrogen-bond acceptors (Lipinski definition) is 5. The SMILES string of the molecule is COc1ccc(-c2ccnc(NCc3ccccc3)n2)cc1OC. The lowest BCUT2D eigenvalue weighted by atomic mass is 10.1. The lowest BCUT2D eigenvalue weighted by molar-refractivity contribution is 0.355. The Morgan fingerprint density at radius 3 is 2.46 bits per heavy atom. The molecule has 0 atom stereocenters. The highest BCUT2D eigenvalue weighted by Crippen LogP contribution is 2.31. The number of anilines is 1. The zero-order chi connectivity index (χ0) is 16.8. The topological polar surface area (TPSA) is 56.3 Å². The molecule has 0 aliphatic rings. The first-order chi connectivity index (χ1) is 11.8. The molecule has 5 nitrogen and oxygen atoms in total. The van der Waals surface area contributed by atoms with Crippen LogP contribution in [0.2, 0.25) is 0 Å². The zero-order valence-corrected chi connectivity index (χ0v) is 13.7. The van der Waals surface area contributed by atoms with Crippen molar-refractivity contribution >= 4 is 5.95 Å². The van der Waals surface area contributed by atoms with Gasteiger partial charge in [-0.25, -0.2) is 9.97 Å². The van der Waals surface area contributed by atoms with E-state index in [0.29, 0.717) is 24.0 Å². The van der Waals surface area contributed by atoms with Crippen LogP contribution in [0.5, 0.6) is 11.5 Å². The highest BCUT2D eigenvalue weighted by Gasteiger charge is 2.08. The Hall–Kier alpha value is -3.08. The quantitative estimate of drug-likeness (QED) is 0.749. The molecule has 3 aromatic rings. The lowest BCUT2D eigenvalue weighted by Gasteiger charge is -2.10. The van der Waals surface area contributed by atoms with Crippen molar-refractivity contribution < 1.29 is 9.47 Å². The normalized spacial score (nSPS) is 10.2. The Morgan fingerprint density at radius 1 is 0.917 bits per heavy atom. The molecule has 0 saturated heterocycles. The second kappa shape index (κ2) is 7.46. The number of hydrogen-bond donors (Lipinski definition) is 1. The van der Waals surface area contributed by atoms with Crippen LogP contribution in [-0.4, -0.2) is 24.2 Å². The maximum Gasteiger partial charge on any atom is 0.223 e. The number of benzene rings is 2. The van der Waals surface area contributed by atoms with E-state index >= 15 is 0 Å². The van der Waals surface area contributed by atoms with Gasteiger partial charge in [-0.3, -0.25) is 0 Å². The Labute approximate surface area is 141 Å². The van der Waals surface area contributed by atoms with Gasteiger partial charge < -0.3 is 14.8 Å². The van der Waals surface area contributed by atoms with Gasteiger partial charge in [-0.1, -0.05) is 30.3 Å². The number of nitrogens with one attached hydrogen (secondary N) is 1. The Bertz CT molecular complexity index is 807. The van der Waals surface area contributed by atoms with E-state index in [1.165, 1.54) is 5.56 Å². The van der Waals surface area contributed by atoms with Crippen molar-refractivity contribution in [2.45, 2.75) is 6.54 Å². The number of nitrogens with zero attached hydrogens (tertiary/aromatic N) is 2. The smallest absolute Gasteiger partial charge is 0.223 e. The zero-order valence-electron chi connectivity index (χ0n) is 13.7. The molecule has 5 heteroatoms. The van der Waals surface area contributed by atoms with E-state index < -0.39 is 0 Å². The van der Waals surface area contributed by atoms with Gasteiger partial charge in [0, 0.05) is 18.3 Å². The van der Waals surface area contributed by atoms with Crippen LogP contribution in [0.15, 0.2) is 60.8 Å². The van der Waals surface area contributed by atoms with Crippen LogP contribution in [0, 0.1) is 0 Å². The van der Waals surface area contributed by atoms with Crippen LogP contribution < -0.4 is 14.8 Å². The molecule has 0 fully saturated rings. The molecule has 0 spiro atoms. The minimum Gasteiger partial charge on any atom is -0.493 e. The van der Waals surface area contributed by atoms with E-state index in [2.05, 4.69) is 27.4 Å². The Morgan fingerprint density at radius 2 is 1.71 bits per heavy atom. The monoisotopic (exact) mass is 321 g/mol. The van der Waals surface area contributed by atoms with Gasteiger partial charge >= 0.3 is 0 Å².